The molecule has 1 aliphatic rings. The van der Waals surface area contributed by atoms with Crippen LogP contribution in [0, 0.1) is 0 Å². The lowest BCUT2D eigenvalue weighted by Gasteiger charge is -2.23. The van der Waals surface area contributed by atoms with Gasteiger partial charge in [-0.25, -0.2) is 0 Å². The molecule has 1 nitrogen and oxygen atoms in total. The van der Waals surface area contributed by atoms with E-state index in [-0.39, 0.29) is 5.41 Å². The van der Waals surface area contributed by atoms with E-state index in [1.807, 2.05) is 17.4 Å². The van der Waals surface area contributed by atoms with Crippen LogP contribution < -0.4 is 0 Å². The second-order valence-electron chi connectivity index (χ2n) is 15.2. The van der Waals surface area contributed by atoms with Crippen LogP contribution >= 0.6 is 11.3 Å². The van der Waals surface area contributed by atoms with Gasteiger partial charge in [0.05, 0.1) is 0 Å². The summed E-state index contributed by atoms with van der Waals surface area (Å²) in [7, 11) is 0. The Morgan fingerprint density at radius 3 is 1.70 bits per heavy atom. The zero-order valence-corrected chi connectivity index (χ0v) is 30.1. The minimum absolute atomic E-state index is 0.144. The number of furan rings is 1. The zero-order valence-electron chi connectivity index (χ0n) is 29.3. The molecule has 248 valence electrons. The van der Waals surface area contributed by atoms with E-state index in [1.165, 1.54) is 97.0 Å². The first-order valence-electron chi connectivity index (χ1n) is 18.4. The summed E-state index contributed by atoms with van der Waals surface area (Å²) < 4.78 is 8.93. The molecule has 53 heavy (non-hydrogen) atoms. The summed E-state index contributed by atoms with van der Waals surface area (Å²) in [5, 5.41) is 12.8. The molecule has 2 heterocycles. The van der Waals surface area contributed by atoms with Crippen molar-refractivity contribution in [3.05, 3.63) is 169 Å². The third-order valence-electron chi connectivity index (χ3n) is 12.1. The molecule has 1 aliphatic carbocycles. The van der Waals surface area contributed by atoms with Gasteiger partial charge >= 0.3 is 0 Å². The van der Waals surface area contributed by atoms with E-state index in [0.717, 1.165) is 21.9 Å². The van der Waals surface area contributed by atoms with E-state index in [2.05, 4.69) is 166 Å². The van der Waals surface area contributed by atoms with E-state index in [1.54, 1.807) is 0 Å². The fourth-order valence-electron chi connectivity index (χ4n) is 9.65. The van der Waals surface area contributed by atoms with Crippen LogP contribution in [0.3, 0.4) is 0 Å². The number of hydrogen-bond acceptors (Lipinski definition) is 2. The van der Waals surface area contributed by atoms with Crippen LogP contribution in [-0.4, -0.2) is 0 Å². The van der Waals surface area contributed by atoms with E-state index in [9.17, 15) is 0 Å². The van der Waals surface area contributed by atoms with Gasteiger partial charge in [-0.1, -0.05) is 135 Å². The van der Waals surface area contributed by atoms with Crippen LogP contribution in [0.2, 0.25) is 0 Å². The molecule has 0 bridgehead atoms. The van der Waals surface area contributed by atoms with Crippen LogP contribution in [0.4, 0.5) is 0 Å². The Bertz CT molecular complexity index is 3320. The predicted molar refractivity (Wildman–Crippen MR) is 228 cm³/mol. The fourth-order valence-corrected chi connectivity index (χ4v) is 10.8. The maximum Gasteiger partial charge on any atom is 0.135 e. The van der Waals surface area contributed by atoms with Crippen LogP contribution in [0.15, 0.2) is 162 Å². The Morgan fingerprint density at radius 1 is 0.396 bits per heavy atom. The summed E-state index contributed by atoms with van der Waals surface area (Å²) >= 11 is 1.89. The van der Waals surface area contributed by atoms with E-state index >= 15 is 0 Å². The third kappa shape index (κ3) is 3.91. The highest BCUT2D eigenvalue weighted by molar-refractivity contribution is 7.26. The first-order valence-corrected chi connectivity index (χ1v) is 19.2. The highest BCUT2D eigenvalue weighted by Gasteiger charge is 2.37. The quantitative estimate of drug-likeness (QED) is 0.164. The summed E-state index contributed by atoms with van der Waals surface area (Å²) in [5.74, 6) is 0. The molecule has 0 radical (unpaired) electrons. The SMILES string of the molecule is CC1(C)c2cc(-c3c4ccccc4c(-c4ccc5oc6ccccc6c5c4)c4ccccc34)ccc2-c2c1ccc1c2ccc2sc3ccccc3c21. The van der Waals surface area contributed by atoms with Crippen molar-refractivity contribution < 1.29 is 4.42 Å². The number of thiophene rings is 1. The molecule has 0 fully saturated rings. The molecule has 0 atom stereocenters. The number of hydrogen-bond donors (Lipinski definition) is 0. The van der Waals surface area contributed by atoms with Crippen molar-refractivity contribution in [3.8, 4) is 33.4 Å². The lowest BCUT2D eigenvalue weighted by Crippen LogP contribution is -2.15. The van der Waals surface area contributed by atoms with Crippen LogP contribution in [0.1, 0.15) is 25.0 Å². The maximum absolute atomic E-state index is 6.23. The minimum Gasteiger partial charge on any atom is -0.456 e. The largest absolute Gasteiger partial charge is 0.456 e. The third-order valence-corrected chi connectivity index (χ3v) is 13.2. The highest BCUT2D eigenvalue weighted by atomic mass is 32.1. The summed E-state index contributed by atoms with van der Waals surface area (Å²) in [4.78, 5) is 0. The van der Waals surface area contributed by atoms with Crippen LogP contribution in [0.5, 0.6) is 0 Å². The zero-order chi connectivity index (χ0) is 35.0. The number of benzene rings is 9. The molecule has 0 N–H and O–H groups in total. The first-order chi connectivity index (χ1) is 26.0. The van der Waals surface area contributed by atoms with Crippen molar-refractivity contribution in [2.24, 2.45) is 0 Å². The average molecular weight is 693 g/mol. The van der Waals surface area contributed by atoms with Crippen molar-refractivity contribution in [3.63, 3.8) is 0 Å². The van der Waals surface area contributed by atoms with Crippen molar-refractivity contribution in [2.45, 2.75) is 19.3 Å². The molecule has 11 aromatic rings. The van der Waals surface area contributed by atoms with Gasteiger partial charge in [-0.3, -0.25) is 0 Å². The van der Waals surface area contributed by atoms with Gasteiger partial charge in [0.25, 0.3) is 0 Å². The second-order valence-corrected chi connectivity index (χ2v) is 16.2. The van der Waals surface area contributed by atoms with E-state index in [0.29, 0.717) is 0 Å². The van der Waals surface area contributed by atoms with E-state index in [4.69, 9.17) is 4.42 Å². The average Bonchev–Trinajstić information content (AvgIpc) is 3.84. The second kappa shape index (κ2) is 10.4. The molecular formula is C51H32OS. The van der Waals surface area contributed by atoms with Gasteiger partial charge in [0, 0.05) is 36.4 Å². The molecule has 0 amide bonds. The van der Waals surface area contributed by atoms with E-state index < -0.39 is 0 Å². The van der Waals surface area contributed by atoms with Gasteiger partial charge in [-0.15, -0.1) is 11.3 Å². The summed E-state index contributed by atoms with van der Waals surface area (Å²) in [6.45, 7) is 4.81. The maximum atomic E-state index is 6.23. The number of fused-ring (bicyclic) bond motifs is 14. The number of rotatable bonds is 2. The molecule has 12 rings (SSSR count). The number of para-hydroxylation sites is 1. The standard InChI is InChI=1S/C51H32OS/c1-51(2)41-24-22-37-36(23-26-46-50(37)39-16-8-10-18-45(39)53-46)49(41)38-21-19-30(28-42(38)51)48-34-14-5-3-12-32(34)47(33-13-4-6-15-35(33)48)29-20-25-44-40(27-29)31-11-7-9-17-43(31)52-44/h3-28H,1-2H3. The molecule has 2 heteroatoms. The Morgan fingerprint density at radius 2 is 0.962 bits per heavy atom. The van der Waals surface area contributed by atoms with Gasteiger partial charge in [0.15, 0.2) is 0 Å². The lowest BCUT2D eigenvalue weighted by molar-refractivity contribution is 0.661. The molecule has 0 unspecified atom stereocenters. The van der Waals surface area contributed by atoms with Crippen LogP contribution in [0.25, 0.3) is 108 Å². The molecule has 2 aromatic heterocycles. The predicted octanol–water partition coefficient (Wildman–Crippen LogP) is 15.1. The Labute approximate surface area is 310 Å². The van der Waals surface area contributed by atoms with Crippen LogP contribution in [-0.2, 0) is 5.41 Å². The molecular weight excluding hydrogens is 661 g/mol. The summed E-state index contributed by atoms with van der Waals surface area (Å²) in [6.07, 6.45) is 0. The Balaban J connectivity index is 1.10. The monoisotopic (exact) mass is 692 g/mol. The molecule has 0 aliphatic heterocycles. The Kier molecular flexibility index (Phi) is 5.78. The van der Waals surface area contributed by atoms with Gasteiger partial charge < -0.3 is 4.42 Å². The lowest BCUT2D eigenvalue weighted by atomic mass is 9.80. The summed E-state index contributed by atoms with van der Waals surface area (Å²) in [5.41, 5.74) is 12.3. The molecule has 0 spiro atoms. The highest BCUT2D eigenvalue weighted by Crippen LogP contribution is 2.54. The normalized spacial score (nSPS) is 13.6. The minimum atomic E-state index is -0.144. The van der Waals surface area contributed by atoms with Gasteiger partial charge in [-0.05, 0) is 113 Å². The van der Waals surface area contributed by atoms with Crippen molar-refractivity contribution >= 4 is 85.8 Å². The molecule has 9 aromatic carbocycles. The summed E-state index contributed by atoms with van der Waals surface area (Å²) in [6, 6.07) is 58.6. The van der Waals surface area contributed by atoms with Gasteiger partial charge in [-0.2, -0.15) is 0 Å². The molecule has 0 saturated carbocycles. The van der Waals surface area contributed by atoms with Gasteiger partial charge in [0.1, 0.15) is 11.2 Å². The smallest absolute Gasteiger partial charge is 0.135 e. The van der Waals surface area contributed by atoms with Crippen molar-refractivity contribution in [1.82, 2.24) is 0 Å². The first kappa shape index (κ1) is 29.4. The van der Waals surface area contributed by atoms with Gasteiger partial charge in [0.2, 0.25) is 0 Å². The van der Waals surface area contributed by atoms with Crippen molar-refractivity contribution in [1.29, 1.82) is 0 Å². The topological polar surface area (TPSA) is 13.1 Å². The Hall–Kier alpha value is -6.22. The fraction of sp³-hybridized carbons (Fsp3) is 0.0588. The van der Waals surface area contributed by atoms with Crippen molar-refractivity contribution in [2.75, 3.05) is 0 Å². The molecule has 0 saturated heterocycles.